The molecule has 4 heteroatoms. The summed E-state index contributed by atoms with van der Waals surface area (Å²) in [6.45, 7) is 1.37. The number of nitrogens with one attached hydrogen (secondary N) is 1. The van der Waals surface area contributed by atoms with Gasteiger partial charge in [0.2, 0.25) is 0 Å². The van der Waals surface area contributed by atoms with Gasteiger partial charge in [-0.15, -0.1) is 0 Å². The van der Waals surface area contributed by atoms with Crippen LogP contribution in [0.3, 0.4) is 0 Å². The minimum absolute atomic E-state index is 0.445. The molecule has 0 atom stereocenters. The summed E-state index contributed by atoms with van der Waals surface area (Å²) in [5.41, 5.74) is -0.445. The van der Waals surface area contributed by atoms with Crippen LogP contribution in [0.2, 0.25) is 0 Å². The van der Waals surface area contributed by atoms with E-state index in [-0.39, 0.29) is 0 Å². The van der Waals surface area contributed by atoms with Crippen LogP contribution < -0.4 is 5.32 Å². The van der Waals surface area contributed by atoms with Gasteiger partial charge >= 0.3 is 0 Å². The van der Waals surface area contributed by atoms with Gasteiger partial charge in [-0.3, -0.25) is 0 Å². The second kappa shape index (κ2) is 4.20. The smallest absolute Gasteiger partial charge is 0.164 e. The zero-order valence-electron chi connectivity index (χ0n) is 7.92. The van der Waals surface area contributed by atoms with Crippen LogP contribution in [0.5, 0.6) is 0 Å². The van der Waals surface area contributed by atoms with Crippen molar-refractivity contribution >= 4 is 22.6 Å². The average molecular weight is 307 g/mol. The number of hydrogen-bond donors (Lipinski definition) is 2. The highest BCUT2D eigenvalue weighted by atomic mass is 127. The molecule has 78 valence electrons. The Bertz CT molecular complexity index is 307. The monoisotopic (exact) mass is 307 g/mol. The van der Waals surface area contributed by atoms with Gasteiger partial charge in [0.05, 0.1) is 12.1 Å². The highest BCUT2D eigenvalue weighted by molar-refractivity contribution is 14.1. The number of aliphatic hydroxyl groups is 1. The van der Waals surface area contributed by atoms with Crippen LogP contribution in [0.25, 0.3) is 0 Å². The van der Waals surface area contributed by atoms with E-state index in [1.807, 2.05) is 12.1 Å². The third-order valence-corrected chi connectivity index (χ3v) is 3.25. The van der Waals surface area contributed by atoms with E-state index in [9.17, 15) is 5.11 Å². The van der Waals surface area contributed by atoms with Crippen molar-refractivity contribution in [2.75, 3.05) is 6.54 Å². The molecule has 0 aromatic carbocycles. The van der Waals surface area contributed by atoms with Crippen molar-refractivity contribution in [3.63, 3.8) is 0 Å². The lowest BCUT2D eigenvalue weighted by Gasteiger charge is -2.36. The van der Waals surface area contributed by atoms with Crippen LogP contribution in [0.1, 0.15) is 25.0 Å². The molecular weight excluding hydrogens is 293 g/mol. The first kappa shape index (κ1) is 10.4. The summed E-state index contributed by atoms with van der Waals surface area (Å²) in [6, 6.07) is 3.90. The Kier molecular flexibility index (Phi) is 3.14. The van der Waals surface area contributed by atoms with Gasteiger partial charge in [0.1, 0.15) is 5.76 Å². The van der Waals surface area contributed by atoms with Gasteiger partial charge < -0.3 is 14.8 Å². The highest BCUT2D eigenvalue weighted by Crippen LogP contribution is 2.30. The SMILES string of the molecule is OC1(CNCc2ccc(I)o2)CCC1. The summed E-state index contributed by atoms with van der Waals surface area (Å²) < 4.78 is 6.30. The molecule has 3 nitrogen and oxygen atoms in total. The molecule has 1 saturated carbocycles. The molecule has 0 aliphatic heterocycles. The molecule has 2 N–H and O–H groups in total. The van der Waals surface area contributed by atoms with E-state index in [1.165, 1.54) is 0 Å². The van der Waals surface area contributed by atoms with Crippen molar-refractivity contribution in [3.8, 4) is 0 Å². The maximum atomic E-state index is 9.80. The molecular formula is C10H14INO2. The van der Waals surface area contributed by atoms with Gasteiger partial charge in [0.25, 0.3) is 0 Å². The Morgan fingerprint density at radius 3 is 2.79 bits per heavy atom. The van der Waals surface area contributed by atoms with Gasteiger partial charge in [0.15, 0.2) is 3.77 Å². The Balaban J connectivity index is 1.72. The molecule has 1 aromatic rings. The van der Waals surface area contributed by atoms with Crippen molar-refractivity contribution in [1.82, 2.24) is 5.32 Å². The van der Waals surface area contributed by atoms with E-state index in [1.54, 1.807) is 0 Å². The second-order valence-corrected chi connectivity index (χ2v) is 4.95. The van der Waals surface area contributed by atoms with Gasteiger partial charge in [0, 0.05) is 6.54 Å². The first-order valence-corrected chi connectivity index (χ1v) is 5.93. The van der Waals surface area contributed by atoms with Crippen LogP contribution in [-0.4, -0.2) is 17.3 Å². The third-order valence-electron chi connectivity index (χ3n) is 2.67. The third kappa shape index (κ3) is 2.49. The van der Waals surface area contributed by atoms with Crippen molar-refractivity contribution < 1.29 is 9.52 Å². The number of rotatable bonds is 4. The molecule has 0 unspecified atom stereocenters. The van der Waals surface area contributed by atoms with Crippen LogP contribution >= 0.6 is 22.6 Å². The Morgan fingerprint density at radius 1 is 1.50 bits per heavy atom. The van der Waals surface area contributed by atoms with Crippen LogP contribution in [0.15, 0.2) is 16.5 Å². The lowest BCUT2D eigenvalue weighted by molar-refractivity contribution is -0.0317. The van der Waals surface area contributed by atoms with E-state index < -0.39 is 5.60 Å². The Labute approximate surface area is 97.0 Å². The molecule has 2 rings (SSSR count). The molecule has 14 heavy (non-hydrogen) atoms. The molecule has 1 aromatic heterocycles. The molecule has 0 amide bonds. The maximum Gasteiger partial charge on any atom is 0.164 e. The summed E-state index contributed by atoms with van der Waals surface area (Å²) in [6.07, 6.45) is 3.00. The molecule has 1 aliphatic rings. The first-order valence-electron chi connectivity index (χ1n) is 4.85. The molecule has 0 saturated heterocycles. The predicted molar refractivity (Wildman–Crippen MR) is 61.9 cm³/mol. The van der Waals surface area contributed by atoms with E-state index in [0.29, 0.717) is 13.1 Å². The van der Waals surface area contributed by atoms with Crippen LogP contribution in [0.4, 0.5) is 0 Å². The lowest BCUT2D eigenvalue weighted by atomic mass is 9.80. The quantitative estimate of drug-likeness (QED) is 0.835. The highest BCUT2D eigenvalue weighted by Gasteiger charge is 2.33. The summed E-state index contributed by atoms with van der Waals surface area (Å²) >= 11 is 2.14. The van der Waals surface area contributed by atoms with Crippen LogP contribution in [0, 0.1) is 3.77 Å². The minimum Gasteiger partial charge on any atom is -0.454 e. The summed E-state index contributed by atoms with van der Waals surface area (Å²) in [5.74, 6) is 0.928. The first-order chi connectivity index (χ1) is 6.68. The van der Waals surface area contributed by atoms with Crippen LogP contribution in [-0.2, 0) is 6.54 Å². The van der Waals surface area contributed by atoms with Crippen molar-refractivity contribution in [2.24, 2.45) is 0 Å². The largest absolute Gasteiger partial charge is 0.454 e. The maximum absolute atomic E-state index is 9.80. The van der Waals surface area contributed by atoms with Crippen molar-refractivity contribution in [1.29, 1.82) is 0 Å². The van der Waals surface area contributed by atoms with E-state index in [4.69, 9.17) is 4.42 Å². The summed E-state index contributed by atoms with van der Waals surface area (Å²) in [7, 11) is 0. The Hall–Kier alpha value is -0.0700. The fourth-order valence-electron chi connectivity index (χ4n) is 1.63. The standard InChI is InChI=1S/C10H14INO2/c11-9-3-2-8(14-9)6-12-7-10(13)4-1-5-10/h2-3,12-13H,1,4-7H2. The zero-order chi connectivity index (χ0) is 10.0. The zero-order valence-corrected chi connectivity index (χ0v) is 10.1. The van der Waals surface area contributed by atoms with E-state index in [2.05, 4.69) is 27.9 Å². The van der Waals surface area contributed by atoms with Crippen molar-refractivity contribution in [3.05, 3.63) is 21.7 Å². The van der Waals surface area contributed by atoms with Gasteiger partial charge in [-0.25, -0.2) is 0 Å². The average Bonchev–Trinajstić information content (AvgIpc) is 2.49. The van der Waals surface area contributed by atoms with Gasteiger partial charge in [-0.05, 0) is 54.0 Å². The fourth-order valence-corrected chi connectivity index (χ4v) is 2.09. The molecule has 1 fully saturated rings. The van der Waals surface area contributed by atoms with E-state index in [0.717, 1.165) is 28.8 Å². The predicted octanol–water partition coefficient (Wildman–Crippen LogP) is 1.89. The number of halogens is 1. The van der Waals surface area contributed by atoms with Gasteiger partial charge in [-0.1, -0.05) is 0 Å². The van der Waals surface area contributed by atoms with E-state index >= 15 is 0 Å². The fraction of sp³-hybridized carbons (Fsp3) is 0.600. The molecule has 0 spiro atoms. The normalized spacial score (nSPS) is 19.3. The number of hydrogen-bond acceptors (Lipinski definition) is 3. The number of furan rings is 1. The minimum atomic E-state index is -0.445. The molecule has 0 radical (unpaired) electrons. The molecule has 1 aliphatic carbocycles. The van der Waals surface area contributed by atoms with Gasteiger partial charge in [-0.2, -0.15) is 0 Å². The lowest BCUT2D eigenvalue weighted by Crippen LogP contribution is -2.45. The second-order valence-electron chi connectivity index (χ2n) is 3.89. The molecule has 1 heterocycles. The molecule has 0 bridgehead atoms. The summed E-state index contributed by atoms with van der Waals surface area (Å²) in [4.78, 5) is 0. The topological polar surface area (TPSA) is 45.4 Å². The van der Waals surface area contributed by atoms with Crippen molar-refractivity contribution in [2.45, 2.75) is 31.4 Å². The summed E-state index contributed by atoms with van der Waals surface area (Å²) in [5, 5.41) is 13.0. The Morgan fingerprint density at radius 2 is 2.29 bits per heavy atom.